The molecule has 0 atom stereocenters. The van der Waals surface area contributed by atoms with Crippen LogP contribution in [0, 0.1) is 13.8 Å². The summed E-state index contributed by atoms with van der Waals surface area (Å²) in [5, 5.41) is 9.83. The summed E-state index contributed by atoms with van der Waals surface area (Å²) in [6.45, 7) is 7.36. The Labute approximate surface area is 167 Å². The van der Waals surface area contributed by atoms with Crippen LogP contribution in [0.5, 0.6) is 5.75 Å². The minimum atomic E-state index is -4.62. The van der Waals surface area contributed by atoms with Crippen LogP contribution in [-0.4, -0.2) is 19.6 Å². The van der Waals surface area contributed by atoms with Gasteiger partial charge in [-0.3, -0.25) is 0 Å². The average molecular weight is 406 g/mol. The summed E-state index contributed by atoms with van der Waals surface area (Å²) in [7, 11) is -4.62. The van der Waals surface area contributed by atoms with Gasteiger partial charge in [-0.2, -0.15) is 8.42 Å². The summed E-state index contributed by atoms with van der Waals surface area (Å²) in [5.74, 6) is 0.152. The molecule has 0 bridgehead atoms. The first-order chi connectivity index (χ1) is 13.2. The molecule has 0 aliphatic carbocycles. The van der Waals surface area contributed by atoms with Crippen LogP contribution in [0.2, 0.25) is 0 Å². The van der Waals surface area contributed by atoms with E-state index in [0.29, 0.717) is 39.4 Å². The third-order valence-electron chi connectivity index (χ3n) is 4.44. The fraction of sp³-hybridized carbons (Fsp3) is 0.381. The molecule has 2 aromatic carbocycles. The fourth-order valence-electron chi connectivity index (χ4n) is 3.22. The summed E-state index contributed by atoms with van der Waals surface area (Å²) in [6, 6.07) is 10.6. The number of carboxylic acid groups (broad SMARTS) is 1. The number of amides is 1. The molecule has 7 heteroatoms. The van der Waals surface area contributed by atoms with Crippen molar-refractivity contribution in [3.8, 4) is 5.75 Å². The van der Waals surface area contributed by atoms with Crippen LogP contribution in [0.15, 0.2) is 36.4 Å². The molecular weight excluding hydrogens is 378 g/mol. The van der Waals surface area contributed by atoms with E-state index >= 15 is 0 Å². The summed E-state index contributed by atoms with van der Waals surface area (Å²) in [4.78, 5) is 12.1. The number of nitrogens with zero attached hydrogens (tertiary/aromatic N) is 1. The SMILES string of the molecule is CCCc1cccc(CCC)c1N(C(=O)O)S(=O)(=O)Oc1c(C)cccc1C. The topological polar surface area (TPSA) is 83.9 Å². The van der Waals surface area contributed by atoms with Crippen LogP contribution in [0.3, 0.4) is 0 Å². The minimum absolute atomic E-state index is 0.152. The number of anilines is 1. The van der Waals surface area contributed by atoms with Crippen molar-refractivity contribution in [3.05, 3.63) is 58.7 Å². The minimum Gasteiger partial charge on any atom is -0.464 e. The van der Waals surface area contributed by atoms with Gasteiger partial charge in [0, 0.05) is 0 Å². The molecule has 1 N–H and O–H groups in total. The Bertz CT molecular complexity index is 909. The van der Waals surface area contributed by atoms with E-state index in [1.807, 2.05) is 19.9 Å². The highest BCUT2D eigenvalue weighted by Gasteiger charge is 2.35. The molecule has 1 amide bonds. The van der Waals surface area contributed by atoms with E-state index in [9.17, 15) is 18.3 Å². The van der Waals surface area contributed by atoms with E-state index in [1.165, 1.54) is 0 Å². The van der Waals surface area contributed by atoms with Crippen molar-refractivity contribution in [2.24, 2.45) is 0 Å². The van der Waals surface area contributed by atoms with Gasteiger partial charge < -0.3 is 9.29 Å². The van der Waals surface area contributed by atoms with Crippen molar-refractivity contribution in [3.63, 3.8) is 0 Å². The fourth-order valence-corrected chi connectivity index (χ4v) is 4.42. The molecule has 0 spiro atoms. The monoisotopic (exact) mass is 405 g/mol. The van der Waals surface area contributed by atoms with Gasteiger partial charge in [-0.05, 0) is 48.9 Å². The lowest BCUT2D eigenvalue weighted by atomic mass is 10.0. The van der Waals surface area contributed by atoms with Crippen LogP contribution in [-0.2, 0) is 23.1 Å². The van der Waals surface area contributed by atoms with Gasteiger partial charge in [-0.15, -0.1) is 4.31 Å². The van der Waals surface area contributed by atoms with Crippen LogP contribution in [0.1, 0.15) is 48.9 Å². The molecule has 0 saturated heterocycles. The van der Waals surface area contributed by atoms with Crippen molar-refractivity contribution in [2.45, 2.75) is 53.4 Å². The van der Waals surface area contributed by atoms with Crippen molar-refractivity contribution in [1.82, 2.24) is 0 Å². The summed E-state index contributed by atoms with van der Waals surface area (Å²) in [5.41, 5.74) is 2.76. The number of hydrogen-bond donors (Lipinski definition) is 1. The lowest BCUT2D eigenvalue weighted by Gasteiger charge is -2.25. The normalized spacial score (nSPS) is 11.3. The van der Waals surface area contributed by atoms with Crippen molar-refractivity contribution in [2.75, 3.05) is 4.31 Å². The van der Waals surface area contributed by atoms with Crippen LogP contribution in [0.25, 0.3) is 0 Å². The maximum atomic E-state index is 13.1. The van der Waals surface area contributed by atoms with E-state index in [2.05, 4.69) is 0 Å². The first-order valence-electron chi connectivity index (χ1n) is 9.37. The first-order valence-corrected chi connectivity index (χ1v) is 10.7. The molecule has 152 valence electrons. The number of aryl methyl sites for hydroxylation is 4. The smallest absolute Gasteiger partial charge is 0.428 e. The van der Waals surface area contributed by atoms with Gasteiger partial charge in [0.1, 0.15) is 5.75 Å². The van der Waals surface area contributed by atoms with E-state index < -0.39 is 16.4 Å². The van der Waals surface area contributed by atoms with E-state index in [1.54, 1.807) is 44.2 Å². The molecule has 28 heavy (non-hydrogen) atoms. The van der Waals surface area contributed by atoms with Crippen LogP contribution in [0.4, 0.5) is 10.5 Å². The van der Waals surface area contributed by atoms with Crippen molar-refractivity contribution in [1.29, 1.82) is 0 Å². The van der Waals surface area contributed by atoms with Gasteiger partial charge >= 0.3 is 16.4 Å². The maximum absolute atomic E-state index is 13.1. The molecule has 0 radical (unpaired) electrons. The summed E-state index contributed by atoms with van der Waals surface area (Å²) in [6.07, 6.45) is 1.06. The molecule has 0 aliphatic rings. The van der Waals surface area contributed by atoms with E-state index in [4.69, 9.17) is 4.18 Å². The Balaban J connectivity index is 2.64. The van der Waals surface area contributed by atoms with Gasteiger partial charge in [0.15, 0.2) is 0 Å². The molecule has 2 rings (SSSR count). The zero-order valence-electron chi connectivity index (χ0n) is 16.7. The predicted octanol–water partition coefficient (Wildman–Crippen LogP) is 5.02. The molecule has 0 aromatic heterocycles. The van der Waals surface area contributed by atoms with E-state index in [0.717, 1.165) is 12.8 Å². The second-order valence-electron chi connectivity index (χ2n) is 6.73. The molecule has 0 saturated carbocycles. The molecule has 0 aliphatic heterocycles. The van der Waals surface area contributed by atoms with Gasteiger partial charge in [-0.1, -0.05) is 63.1 Å². The second kappa shape index (κ2) is 9.10. The largest absolute Gasteiger partial charge is 0.464 e. The lowest BCUT2D eigenvalue weighted by Crippen LogP contribution is -2.40. The average Bonchev–Trinajstić information content (AvgIpc) is 2.61. The molecule has 0 heterocycles. The molecule has 6 nitrogen and oxygen atoms in total. The second-order valence-corrected chi connectivity index (χ2v) is 8.12. The molecule has 2 aromatic rings. The van der Waals surface area contributed by atoms with Crippen LogP contribution < -0.4 is 8.49 Å². The van der Waals surface area contributed by atoms with E-state index in [-0.39, 0.29) is 11.4 Å². The number of carbonyl (C=O) groups is 1. The molecular formula is C21H27NO5S. The van der Waals surface area contributed by atoms with Crippen LogP contribution >= 0.6 is 0 Å². The highest BCUT2D eigenvalue weighted by molar-refractivity contribution is 7.89. The Hall–Kier alpha value is -2.54. The number of hydrogen-bond acceptors (Lipinski definition) is 4. The Kier molecular flexibility index (Phi) is 7.07. The highest BCUT2D eigenvalue weighted by atomic mass is 32.2. The number of para-hydroxylation sites is 2. The maximum Gasteiger partial charge on any atom is 0.428 e. The van der Waals surface area contributed by atoms with Crippen molar-refractivity contribution < 1.29 is 22.5 Å². The standard InChI is InChI=1S/C21H27NO5S/c1-5-9-17-13-8-14-18(10-6-2)19(17)22(21(23)24)28(25,26)27-20-15(3)11-7-12-16(20)4/h7-8,11-14H,5-6,9-10H2,1-4H3,(H,23,24). The van der Waals surface area contributed by atoms with Gasteiger partial charge in [0.25, 0.3) is 0 Å². The quantitative estimate of drug-likeness (QED) is 0.667. The molecule has 0 fully saturated rings. The van der Waals surface area contributed by atoms with Gasteiger partial charge in [0.2, 0.25) is 0 Å². The zero-order chi connectivity index (χ0) is 20.9. The number of rotatable bonds is 8. The third kappa shape index (κ3) is 4.65. The zero-order valence-corrected chi connectivity index (χ0v) is 17.5. The first kappa shape index (κ1) is 21.8. The third-order valence-corrected chi connectivity index (χ3v) is 5.60. The lowest BCUT2D eigenvalue weighted by molar-refractivity contribution is 0.205. The Morgan fingerprint density at radius 1 is 0.964 bits per heavy atom. The van der Waals surface area contributed by atoms with Crippen molar-refractivity contribution >= 4 is 22.1 Å². The molecule has 0 unspecified atom stereocenters. The van der Waals surface area contributed by atoms with Gasteiger partial charge in [-0.25, -0.2) is 4.79 Å². The highest BCUT2D eigenvalue weighted by Crippen LogP contribution is 2.33. The van der Waals surface area contributed by atoms with Gasteiger partial charge in [0.05, 0.1) is 5.69 Å². The Morgan fingerprint density at radius 3 is 1.86 bits per heavy atom. The summed E-state index contributed by atoms with van der Waals surface area (Å²) < 4.78 is 31.9. The Morgan fingerprint density at radius 2 is 1.43 bits per heavy atom. The summed E-state index contributed by atoms with van der Waals surface area (Å²) >= 11 is 0. The number of benzene rings is 2. The predicted molar refractivity (Wildman–Crippen MR) is 110 cm³/mol.